The quantitative estimate of drug-likeness (QED) is 0.107. The molecule has 0 bridgehead atoms. The fourth-order valence-electron chi connectivity index (χ4n) is 3.45. The van der Waals surface area contributed by atoms with Crippen LogP contribution in [-0.4, -0.2) is 94.8 Å². The number of aliphatic hydroxyl groups excluding tert-OH is 2. The molecule has 0 aromatic carbocycles. The van der Waals surface area contributed by atoms with Crippen molar-refractivity contribution < 1.29 is 57.7 Å². The molecule has 1 fully saturated rings. The molecule has 1 heterocycles. The van der Waals surface area contributed by atoms with E-state index < -0.39 is 62.9 Å². The molecule has 15 heteroatoms. The van der Waals surface area contributed by atoms with Crippen LogP contribution < -0.4 is 10.6 Å². The largest absolute Gasteiger partial charge is 0.469 e. The van der Waals surface area contributed by atoms with Gasteiger partial charge in [0.1, 0.15) is 31.0 Å². The number of hydrogen-bond donors (Lipinski definition) is 6. The van der Waals surface area contributed by atoms with Crippen LogP contribution in [0.1, 0.15) is 58.8 Å². The Kier molecular flexibility index (Phi) is 15.3. The minimum atomic E-state index is -4.64. The highest BCUT2D eigenvalue weighted by Gasteiger charge is 2.45. The number of nitrogens with one attached hydrogen (secondary N) is 2. The second kappa shape index (κ2) is 17.0. The Morgan fingerprint density at radius 1 is 1.14 bits per heavy atom. The van der Waals surface area contributed by atoms with E-state index in [-0.39, 0.29) is 19.6 Å². The monoisotopic (exact) mass is 542 g/mol. The van der Waals surface area contributed by atoms with E-state index >= 15 is 0 Å². The Hall–Kier alpha value is -1.64. The van der Waals surface area contributed by atoms with Crippen LogP contribution in [0.4, 0.5) is 4.79 Å². The maximum absolute atomic E-state index is 12.0. The number of phosphoric ester groups is 1. The maximum Gasteiger partial charge on any atom is 0.469 e. The molecule has 0 unspecified atom stereocenters. The van der Waals surface area contributed by atoms with E-state index in [1.165, 1.54) is 6.92 Å². The van der Waals surface area contributed by atoms with Crippen LogP contribution in [0.15, 0.2) is 0 Å². The number of aliphatic hydroxyl groups is 2. The Labute approximate surface area is 210 Å². The lowest BCUT2D eigenvalue weighted by Crippen LogP contribution is -2.62. The van der Waals surface area contributed by atoms with Crippen molar-refractivity contribution in [3.63, 3.8) is 0 Å². The van der Waals surface area contributed by atoms with Gasteiger partial charge in [0.05, 0.1) is 6.61 Å². The molecule has 6 N–H and O–H groups in total. The summed E-state index contributed by atoms with van der Waals surface area (Å²) in [7, 11) is -4.64. The number of phosphoric acid groups is 1. The molecule has 0 saturated carbocycles. The van der Waals surface area contributed by atoms with Crippen LogP contribution in [0, 0.1) is 0 Å². The van der Waals surface area contributed by atoms with Crippen LogP contribution >= 0.6 is 7.82 Å². The lowest BCUT2D eigenvalue weighted by Gasteiger charge is -2.38. The van der Waals surface area contributed by atoms with E-state index in [9.17, 15) is 29.2 Å². The summed E-state index contributed by atoms with van der Waals surface area (Å²) >= 11 is 0. The van der Waals surface area contributed by atoms with Crippen molar-refractivity contribution in [2.24, 2.45) is 0 Å². The van der Waals surface area contributed by atoms with Crippen molar-refractivity contribution in [3.8, 4) is 0 Å². The van der Waals surface area contributed by atoms with Crippen LogP contribution in [0.2, 0.25) is 0 Å². The zero-order chi connectivity index (χ0) is 27.1. The first-order valence-electron chi connectivity index (χ1n) is 12.0. The van der Waals surface area contributed by atoms with Crippen LogP contribution in [0.3, 0.4) is 0 Å². The molecule has 5 atom stereocenters. The summed E-state index contributed by atoms with van der Waals surface area (Å²) in [4.78, 5) is 52.6. The van der Waals surface area contributed by atoms with Crippen LogP contribution in [-0.2, 0) is 32.9 Å². The average molecular weight is 543 g/mol. The van der Waals surface area contributed by atoms with Crippen molar-refractivity contribution in [1.82, 2.24) is 10.6 Å². The van der Waals surface area contributed by atoms with Crippen LogP contribution in [0.5, 0.6) is 0 Å². The summed E-state index contributed by atoms with van der Waals surface area (Å²) in [5.74, 6) is -1.16. The molecule has 0 spiro atoms. The molecule has 36 heavy (non-hydrogen) atoms. The first kappa shape index (κ1) is 32.4. The van der Waals surface area contributed by atoms with E-state index in [4.69, 9.17) is 24.0 Å². The van der Waals surface area contributed by atoms with Crippen molar-refractivity contribution in [2.75, 3.05) is 26.4 Å². The topological polar surface area (TPSA) is 210 Å². The van der Waals surface area contributed by atoms with E-state index in [0.717, 1.165) is 32.1 Å². The molecular weight excluding hydrogens is 503 g/mol. The van der Waals surface area contributed by atoms with Gasteiger partial charge in [-0.05, 0) is 19.3 Å². The SMILES string of the molecule is CC[C@@H](COC(=O)NCCCCCCCCO[C@@H]1O[C@H](CO)C(=O)[C@H](O)[C@H]1NC(C)=O)OP(=O)(O)O. The molecule has 0 radical (unpaired) electrons. The fraction of sp³-hybridized carbons (Fsp3) is 0.857. The van der Waals surface area contributed by atoms with Gasteiger partial charge in [0.15, 0.2) is 12.1 Å². The minimum Gasteiger partial charge on any atom is -0.447 e. The lowest BCUT2D eigenvalue weighted by molar-refractivity contribution is -0.228. The molecule has 14 nitrogen and oxygen atoms in total. The van der Waals surface area contributed by atoms with Gasteiger partial charge < -0.3 is 44.8 Å². The van der Waals surface area contributed by atoms with Gasteiger partial charge in [-0.3, -0.25) is 14.1 Å². The van der Waals surface area contributed by atoms with E-state index in [1.54, 1.807) is 6.92 Å². The first-order chi connectivity index (χ1) is 17.0. The van der Waals surface area contributed by atoms with Gasteiger partial charge in [0.2, 0.25) is 5.91 Å². The van der Waals surface area contributed by atoms with Crippen LogP contribution in [0.25, 0.3) is 0 Å². The highest BCUT2D eigenvalue weighted by molar-refractivity contribution is 7.46. The van der Waals surface area contributed by atoms with Gasteiger partial charge in [0, 0.05) is 20.1 Å². The summed E-state index contributed by atoms with van der Waals surface area (Å²) in [6, 6.07) is -1.05. The number of hydrogen-bond acceptors (Lipinski definition) is 10. The highest BCUT2D eigenvalue weighted by atomic mass is 31.2. The third kappa shape index (κ3) is 13.1. The van der Waals surface area contributed by atoms with Crippen molar-refractivity contribution in [1.29, 1.82) is 0 Å². The van der Waals surface area contributed by atoms with Gasteiger partial charge in [-0.2, -0.15) is 0 Å². The molecule has 1 aliphatic heterocycles. The second-order valence-electron chi connectivity index (χ2n) is 8.39. The number of carbonyl (C=O) groups excluding carboxylic acids is 3. The Bertz CT molecular complexity index is 734. The average Bonchev–Trinajstić information content (AvgIpc) is 2.81. The van der Waals surface area contributed by atoms with Gasteiger partial charge in [0.25, 0.3) is 0 Å². The molecule has 0 aromatic heterocycles. The van der Waals surface area contributed by atoms with E-state index in [1.807, 2.05) is 0 Å². The zero-order valence-electron chi connectivity index (χ0n) is 20.7. The van der Waals surface area contributed by atoms with Crippen molar-refractivity contribution >= 4 is 25.6 Å². The predicted molar refractivity (Wildman–Crippen MR) is 125 cm³/mol. The minimum absolute atomic E-state index is 0.261. The molecule has 1 rings (SSSR count). The molecule has 210 valence electrons. The normalized spacial score (nSPS) is 23.2. The number of amides is 2. The van der Waals surface area contributed by atoms with Gasteiger partial charge in [-0.1, -0.05) is 32.6 Å². The van der Waals surface area contributed by atoms with Crippen molar-refractivity contribution in [3.05, 3.63) is 0 Å². The standard InChI is InChI=1S/C21H39N2O12P/c1-3-15(35-36(29,30)31)13-33-21(28)22-10-8-6-4-5-7-9-11-32-20-17(23-14(2)25)19(27)18(26)16(12-24)34-20/h15-17,19-20,24,27H,3-13H2,1-2H3,(H,22,28)(H,23,25)(H2,29,30,31)/t15-,16+,17+,19+,20+/m0/s1. The maximum atomic E-state index is 12.0. The van der Waals surface area contributed by atoms with Gasteiger partial charge >= 0.3 is 13.9 Å². The molecular formula is C21H39N2O12P. The molecule has 2 amide bonds. The molecule has 1 saturated heterocycles. The summed E-state index contributed by atoms with van der Waals surface area (Å²) in [6.45, 7) is 2.71. The number of ketones is 1. The third-order valence-electron chi connectivity index (χ3n) is 5.34. The van der Waals surface area contributed by atoms with Crippen molar-refractivity contribution in [2.45, 2.75) is 89.4 Å². The Morgan fingerprint density at radius 2 is 1.78 bits per heavy atom. The number of Topliss-reactive ketones (excluding diaryl/α,β-unsaturated/α-hetero) is 1. The zero-order valence-corrected chi connectivity index (χ0v) is 21.6. The molecule has 0 aliphatic carbocycles. The Balaban J connectivity index is 2.14. The van der Waals surface area contributed by atoms with Gasteiger partial charge in [-0.25, -0.2) is 9.36 Å². The van der Waals surface area contributed by atoms with E-state index in [2.05, 4.69) is 15.2 Å². The van der Waals surface area contributed by atoms with E-state index in [0.29, 0.717) is 13.0 Å². The lowest BCUT2D eigenvalue weighted by atomic mass is 9.98. The second-order valence-corrected chi connectivity index (χ2v) is 9.58. The summed E-state index contributed by atoms with van der Waals surface area (Å²) in [5.41, 5.74) is 0. The number of carbonyl (C=O) groups is 3. The first-order valence-corrected chi connectivity index (χ1v) is 13.5. The summed E-state index contributed by atoms with van der Waals surface area (Å²) in [5, 5.41) is 24.4. The predicted octanol–water partition coefficient (Wildman–Crippen LogP) is 0.110. The number of rotatable bonds is 17. The highest BCUT2D eigenvalue weighted by Crippen LogP contribution is 2.38. The number of unbranched alkanes of at least 4 members (excludes halogenated alkanes) is 5. The molecule has 1 aliphatic rings. The Morgan fingerprint density at radius 3 is 2.36 bits per heavy atom. The number of alkyl carbamates (subject to hydrolysis) is 1. The smallest absolute Gasteiger partial charge is 0.447 e. The molecule has 0 aromatic rings. The number of ether oxygens (including phenoxy) is 3. The van der Waals surface area contributed by atoms with Gasteiger partial charge in [-0.15, -0.1) is 0 Å². The third-order valence-corrected chi connectivity index (χ3v) is 5.91. The fourth-order valence-corrected chi connectivity index (χ4v) is 4.05. The summed E-state index contributed by atoms with van der Waals surface area (Å²) in [6.07, 6.45) is -0.144. The summed E-state index contributed by atoms with van der Waals surface area (Å²) < 4.78 is 31.3.